The molecule has 0 atom stereocenters. The Bertz CT molecular complexity index is 789. The van der Waals surface area contributed by atoms with Crippen molar-refractivity contribution in [2.45, 2.75) is 6.55 Å². The summed E-state index contributed by atoms with van der Waals surface area (Å²) in [4.78, 5) is 11.8. The van der Waals surface area contributed by atoms with Gasteiger partial charge in [-0.15, -0.1) is 0 Å². The summed E-state index contributed by atoms with van der Waals surface area (Å²) < 4.78 is 38.7. The van der Waals surface area contributed by atoms with Crippen LogP contribution in [0.5, 0.6) is 0 Å². The van der Waals surface area contributed by atoms with Crippen LogP contribution in [0, 0.1) is 5.82 Å². The van der Waals surface area contributed by atoms with Crippen LogP contribution in [0.4, 0.5) is 13.2 Å². The van der Waals surface area contributed by atoms with E-state index < -0.39 is 12.4 Å². The van der Waals surface area contributed by atoms with E-state index in [0.717, 1.165) is 6.07 Å². The van der Waals surface area contributed by atoms with E-state index in [-0.39, 0.29) is 27.7 Å². The van der Waals surface area contributed by atoms with E-state index >= 15 is 0 Å². The molecule has 102 valence electrons. The lowest BCUT2D eigenvalue weighted by molar-refractivity contribution is 0.0608. The largest absolute Gasteiger partial charge is 0.335 e. The highest BCUT2D eigenvalue weighted by molar-refractivity contribution is 6.29. The Hall–Kier alpha value is -2.22. The average Bonchev–Trinajstić information content (AvgIpc) is 2.85. The first-order valence-corrected chi connectivity index (χ1v) is 5.75. The molecule has 3 aromatic rings. The average molecular weight is 300 g/mol. The first-order valence-electron chi connectivity index (χ1n) is 5.37. The van der Waals surface area contributed by atoms with E-state index in [1.807, 2.05) is 0 Å². The second kappa shape index (κ2) is 4.71. The van der Waals surface area contributed by atoms with E-state index in [9.17, 15) is 13.2 Å². The number of rotatable bonds is 2. The Labute approximate surface area is 115 Å². The number of fused-ring (bicyclic) bond motifs is 1. The van der Waals surface area contributed by atoms with Crippen molar-refractivity contribution in [3.8, 4) is 11.4 Å². The number of alkyl halides is 2. The summed E-state index contributed by atoms with van der Waals surface area (Å²) in [5.41, 5.74) is 0.714. The predicted molar refractivity (Wildman–Crippen MR) is 64.8 cm³/mol. The Morgan fingerprint density at radius 2 is 1.90 bits per heavy atom. The lowest BCUT2D eigenvalue weighted by Crippen LogP contribution is -2.01. The van der Waals surface area contributed by atoms with Crippen molar-refractivity contribution in [3.05, 3.63) is 35.5 Å². The minimum absolute atomic E-state index is 0.0445. The molecule has 0 saturated heterocycles. The van der Waals surface area contributed by atoms with Gasteiger partial charge in [-0.25, -0.2) is 19.3 Å². The van der Waals surface area contributed by atoms with Gasteiger partial charge in [0.2, 0.25) is 0 Å². The van der Waals surface area contributed by atoms with Crippen molar-refractivity contribution in [3.63, 3.8) is 0 Å². The Morgan fingerprint density at radius 3 is 2.60 bits per heavy atom. The van der Waals surface area contributed by atoms with Crippen LogP contribution < -0.4 is 0 Å². The van der Waals surface area contributed by atoms with Crippen LogP contribution in [0.3, 0.4) is 0 Å². The van der Waals surface area contributed by atoms with E-state index in [0.29, 0.717) is 4.68 Å². The van der Waals surface area contributed by atoms with Gasteiger partial charge in [0.25, 0.3) is 0 Å². The topological polar surface area (TPSA) is 56.5 Å². The van der Waals surface area contributed by atoms with Crippen LogP contribution in [0.25, 0.3) is 22.6 Å². The molecule has 0 saturated carbocycles. The van der Waals surface area contributed by atoms with E-state index in [2.05, 4.69) is 20.1 Å². The third-order valence-electron chi connectivity index (χ3n) is 2.55. The van der Waals surface area contributed by atoms with Gasteiger partial charge in [-0.1, -0.05) is 11.6 Å². The van der Waals surface area contributed by atoms with Crippen molar-refractivity contribution in [1.29, 1.82) is 0 Å². The molecule has 0 aliphatic carbocycles. The molecular weight excluding hydrogens is 295 g/mol. The monoisotopic (exact) mass is 299 g/mol. The molecule has 0 unspecified atom stereocenters. The van der Waals surface area contributed by atoms with Crippen LogP contribution in [-0.4, -0.2) is 24.7 Å². The fourth-order valence-corrected chi connectivity index (χ4v) is 1.81. The maximum absolute atomic E-state index is 13.0. The van der Waals surface area contributed by atoms with E-state index in [1.54, 1.807) is 0 Å². The second-order valence-corrected chi connectivity index (χ2v) is 4.16. The molecule has 0 aliphatic heterocycles. The highest BCUT2D eigenvalue weighted by Gasteiger charge is 2.15. The molecule has 0 amide bonds. The molecule has 3 rings (SSSR count). The molecule has 5 nitrogen and oxygen atoms in total. The number of pyridine rings is 1. The van der Waals surface area contributed by atoms with Gasteiger partial charge < -0.3 is 0 Å². The number of nitrogens with zero attached hydrogens (tertiary/aromatic N) is 5. The molecule has 0 fully saturated rings. The third-order valence-corrected chi connectivity index (χ3v) is 2.82. The van der Waals surface area contributed by atoms with Crippen molar-refractivity contribution in [1.82, 2.24) is 24.7 Å². The molecule has 9 heteroatoms. The van der Waals surface area contributed by atoms with E-state index in [4.69, 9.17) is 11.6 Å². The maximum Gasteiger partial charge on any atom is 0.335 e. The highest BCUT2D eigenvalue weighted by atomic mass is 35.5. The van der Waals surface area contributed by atoms with Gasteiger partial charge in [0.1, 0.15) is 11.2 Å². The van der Waals surface area contributed by atoms with Gasteiger partial charge in [0, 0.05) is 0 Å². The van der Waals surface area contributed by atoms with Crippen molar-refractivity contribution in [2.24, 2.45) is 0 Å². The SMILES string of the molecule is Fc1ccc(-c2cnc3c(cnn3C(F)F)n2)nc1Cl. The lowest BCUT2D eigenvalue weighted by Gasteiger charge is -2.02. The lowest BCUT2D eigenvalue weighted by atomic mass is 10.3. The second-order valence-electron chi connectivity index (χ2n) is 3.80. The number of hydrogen-bond acceptors (Lipinski definition) is 4. The molecule has 0 N–H and O–H groups in total. The van der Waals surface area contributed by atoms with Crippen LogP contribution in [0.1, 0.15) is 6.55 Å². The molecule has 0 aliphatic rings. The molecule has 3 aromatic heterocycles. The van der Waals surface area contributed by atoms with Crippen molar-refractivity contribution < 1.29 is 13.2 Å². The summed E-state index contributed by atoms with van der Waals surface area (Å²) in [6.45, 7) is -2.80. The minimum Gasteiger partial charge on any atom is -0.239 e. The quantitative estimate of drug-likeness (QED) is 0.682. The van der Waals surface area contributed by atoms with Gasteiger partial charge in [-0.05, 0) is 12.1 Å². The van der Waals surface area contributed by atoms with Crippen LogP contribution in [0.15, 0.2) is 24.5 Å². The number of halogens is 4. The fraction of sp³-hybridized carbons (Fsp3) is 0.0909. The molecular formula is C11H5ClF3N5. The molecule has 0 aromatic carbocycles. The first kappa shape index (κ1) is 12.8. The Kier molecular flexibility index (Phi) is 3.01. The highest BCUT2D eigenvalue weighted by Crippen LogP contribution is 2.22. The predicted octanol–water partition coefficient (Wildman–Crippen LogP) is 3.08. The maximum atomic E-state index is 13.0. The van der Waals surface area contributed by atoms with Gasteiger partial charge in [-0.3, -0.25) is 0 Å². The van der Waals surface area contributed by atoms with Crippen LogP contribution >= 0.6 is 11.6 Å². The van der Waals surface area contributed by atoms with Gasteiger partial charge >= 0.3 is 6.55 Å². The van der Waals surface area contributed by atoms with Crippen LogP contribution in [0.2, 0.25) is 5.15 Å². The van der Waals surface area contributed by atoms with Gasteiger partial charge in [0.05, 0.1) is 18.1 Å². The Morgan fingerprint density at radius 1 is 1.10 bits per heavy atom. The van der Waals surface area contributed by atoms with Crippen LogP contribution in [-0.2, 0) is 0 Å². The summed E-state index contributed by atoms with van der Waals surface area (Å²) in [7, 11) is 0. The molecule has 0 bridgehead atoms. The normalized spacial score (nSPS) is 11.4. The minimum atomic E-state index is -2.80. The summed E-state index contributed by atoms with van der Waals surface area (Å²) >= 11 is 5.58. The zero-order valence-electron chi connectivity index (χ0n) is 9.63. The van der Waals surface area contributed by atoms with Gasteiger partial charge in [0.15, 0.2) is 16.6 Å². The fourth-order valence-electron chi connectivity index (χ4n) is 1.66. The summed E-state index contributed by atoms with van der Waals surface area (Å²) in [6, 6.07) is 2.51. The Balaban J connectivity index is 2.11. The zero-order valence-corrected chi connectivity index (χ0v) is 10.4. The number of aromatic nitrogens is 5. The molecule has 3 heterocycles. The number of hydrogen-bond donors (Lipinski definition) is 0. The first-order chi connectivity index (χ1) is 9.56. The standard InChI is InChI=1S/C11H5ClF3N5/c12-9-5(13)1-2-6(19-9)7-3-16-10-8(18-7)4-17-20(10)11(14)15/h1-4,11H. The van der Waals surface area contributed by atoms with E-state index in [1.165, 1.54) is 18.5 Å². The van der Waals surface area contributed by atoms with Crippen molar-refractivity contribution in [2.75, 3.05) is 0 Å². The molecule has 0 radical (unpaired) electrons. The summed E-state index contributed by atoms with van der Waals surface area (Å²) in [6.07, 6.45) is 2.42. The molecule has 20 heavy (non-hydrogen) atoms. The summed E-state index contributed by atoms with van der Waals surface area (Å²) in [5.74, 6) is -0.657. The smallest absolute Gasteiger partial charge is 0.239 e. The zero-order chi connectivity index (χ0) is 14.3. The summed E-state index contributed by atoms with van der Waals surface area (Å²) in [5, 5.41) is 3.20. The van der Waals surface area contributed by atoms with Gasteiger partial charge in [-0.2, -0.15) is 18.6 Å². The third kappa shape index (κ3) is 2.07. The molecule has 0 spiro atoms. The van der Waals surface area contributed by atoms with Crippen molar-refractivity contribution >= 4 is 22.8 Å².